The van der Waals surface area contributed by atoms with E-state index in [0.717, 1.165) is 0 Å². The molecular weight excluding hydrogens is 386 g/mol. The Balaban J connectivity index is 1.76. The largest absolute Gasteiger partial charge is 0.325 e. The third kappa shape index (κ3) is 3.17. The van der Waals surface area contributed by atoms with Crippen LogP contribution >= 0.6 is 0 Å². The predicted octanol–water partition coefficient (Wildman–Crippen LogP) is 3.34. The van der Waals surface area contributed by atoms with Gasteiger partial charge in [-0.3, -0.25) is 9.80 Å². The number of halogens is 2. The molecular formula is C23H28F2N4O. The van der Waals surface area contributed by atoms with Gasteiger partial charge in [-0.05, 0) is 13.8 Å². The Labute approximate surface area is 176 Å². The molecule has 2 aliphatic rings. The number of hydrogen-bond donors (Lipinski definition) is 2. The number of piperazine rings is 2. The van der Waals surface area contributed by atoms with Gasteiger partial charge in [0.1, 0.15) is 0 Å². The van der Waals surface area contributed by atoms with Crippen molar-refractivity contribution in [1.29, 1.82) is 0 Å². The molecule has 7 heteroatoms. The van der Waals surface area contributed by atoms with Crippen LogP contribution in [-0.2, 0) is 11.6 Å². The molecule has 2 N–H and O–H groups in total. The molecule has 2 amide bonds. The fraction of sp³-hybridized carbons (Fsp3) is 0.435. The van der Waals surface area contributed by atoms with E-state index in [9.17, 15) is 4.79 Å². The lowest BCUT2D eigenvalue weighted by Gasteiger charge is -2.52. The quantitative estimate of drug-likeness (QED) is 0.741. The predicted molar refractivity (Wildman–Crippen MR) is 112 cm³/mol. The van der Waals surface area contributed by atoms with Crippen LogP contribution in [-0.4, -0.2) is 54.1 Å². The van der Waals surface area contributed by atoms with Crippen LogP contribution in [0.25, 0.3) is 0 Å². The van der Waals surface area contributed by atoms with E-state index in [2.05, 4.69) is 10.6 Å². The number of carbonyl (C=O) groups is 1. The zero-order chi connectivity index (χ0) is 21.4. The molecule has 2 aliphatic heterocycles. The van der Waals surface area contributed by atoms with Crippen molar-refractivity contribution in [1.82, 2.24) is 20.4 Å². The number of nitrogens with zero attached hydrogens (tertiary/aromatic N) is 2. The lowest BCUT2D eigenvalue weighted by molar-refractivity contribution is -0.106. The SMILES string of the molecule is CC1NCCN(C(=O)N2CCNC(C)C2(F)c2ccccc2)C1(F)c1ccccc1. The molecule has 0 aromatic heterocycles. The van der Waals surface area contributed by atoms with E-state index in [4.69, 9.17) is 0 Å². The second kappa shape index (κ2) is 7.96. The van der Waals surface area contributed by atoms with Crippen molar-refractivity contribution in [2.24, 2.45) is 0 Å². The normalized spacial score (nSPS) is 32.1. The molecule has 0 radical (unpaired) electrons. The summed E-state index contributed by atoms with van der Waals surface area (Å²) in [6.45, 7) is 4.62. The molecule has 2 saturated heterocycles. The van der Waals surface area contributed by atoms with Crippen LogP contribution < -0.4 is 10.6 Å². The van der Waals surface area contributed by atoms with Crippen molar-refractivity contribution in [3.63, 3.8) is 0 Å². The summed E-state index contributed by atoms with van der Waals surface area (Å²) >= 11 is 0. The highest BCUT2D eigenvalue weighted by atomic mass is 19.2. The average Bonchev–Trinajstić information content (AvgIpc) is 2.78. The molecule has 0 saturated carbocycles. The van der Waals surface area contributed by atoms with Gasteiger partial charge in [0.25, 0.3) is 0 Å². The number of alkyl halides is 2. The van der Waals surface area contributed by atoms with Crippen molar-refractivity contribution < 1.29 is 13.6 Å². The van der Waals surface area contributed by atoms with Crippen LogP contribution in [0.1, 0.15) is 25.0 Å². The van der Waals surface area contributed by atoms with Crippen LogP contribution in [0.3, 0.4) is 0 Å². The molecule has 2 aromatic carbocycles. The van der Waals surface area contributed by atoms with E-state index in [1.807, 2.05) is 0 Å². The second-order valence-corrected chi connectivity index (χ2v) is 8.02. The molecule has 4 rings (SSSR count). The van der Waals surface area contributed by atoms with Gasteiger partial charge in [-0.25, -0.2) is 13.6 Å². The first-order valence-corrected chi connectivity index (χ1v) is 10.4. The standard InChI is InChI=1S/C23H28F2N4O/c1-17-22(24,19-9-5-3-6-10-19)28(15-13-26-17)21(30)29-16-14-27-18(2)23(29,25)20-11-7-4-8-12-20/h3-12,17-18,26-27H,13-16H2,1-2H3. The number of amides is 2. The highest BCUT2D eigenvalue weighted by Crippen LogP contribution is 2.41. The topological polar surface area (TPSA) is 47.6 Å². The summed E-state index contributed by atoms with van der Waals surface area (Å²) in [4.78, 5) is 16.1. The molecule has 4 atom stereocenters. The minimum absolute atomic E-state index is 0.151. The summed E-state index contributed by atoms with van der Waals surface area (Å²) in [6.07, 6.45) is 0. The van der Waals surface area contributed by atoms with Gasteiger partial charge in [0.15, 0.2) is 0 Å². The number of carbonyl (C=O) groups excluding carboxylic acids is 1. The number of urea groups is 1. The Hall–Kier alpha value is -2.51. The third-order valence-corrected chi connectivity index (χ3v) is 6.32. The smallest absolute Gasteiger partial charge is 0.307 e. The van der Waals surface area contributed by atoms with E-state index >= 15 is 8.78 Å². The van der Waals surface area contributed by atoms with E-state index in [1.54, 1.807) is 74.5 Å². The monoisotopic (exact) mass is 414 g/mol. The minimum Gasteiger partial charge on any atom is -0.307 e. The van der Waals surface area contributed by atoms with E-state index < -0.39 is 29.7 Å². The molecule has 0 spiro atoms. The van der Waals surface area contributed by atoms with Gasteiger partial charge in [0.05, 0.1) is 12.1 Å². The van der Waals surface area contributed by atoms with E-state index in [0.29, 0.717) is 24.2 Å². The zero-order valence-electron chi connectivity index (χ0n) is 17.3. The first kappa shape index (κ1) is 20.8. The van der Waals surface area contributed by atoms with Gasteiger partial charge >= 0.3 is 6.03 Å². The third-order valence-electron chi connectivity index (χ3n) is 6.32. The Morgan fingerprint density at radius 3 is 1.53 bits per heavy atom. The summed E-state index contributed by atoms with van der Waals surface area (Å²) in [5, 5.41) is 6.25. The van der Waals surface area contributed by atoms with Crippen molar-refractivity contribution in [3.8, 4) is 0 Å². The van der Waals surface area contributed by atoms with Gasteiger partial charge in [-0.1, -0.05) is 60.7 Å². The highest BCUT2D eigenvalue weighted by molar-refractivity contribution is 5.77. The molecule has 5 nitrogen and oxygen atoms in total. The van der Waals surface area contributed by atoms with Gasteiger partial charge in [-0.15, -0.1) is 0 Å². The summed E-state index contributed by atoms with van der Waals surface area (Å²) in [5.41, 5.74) is 0.760. The molecule has 2 heterocycles. The van der Waals surface area contributed by atoms with Crippen LogP contribution in [0.15, 0.2) is 60.7 Å². The van der Waals surface area contributed by atoms with Crippen molar-refractivity contribution in [2.75, 3.05) is 26.2 Å². The highest BCUT2D eigenvalue weighted by Gasteiger charge is 2.55. The fourth-order valence-electron chi connectivity index (χ4n) is 4.62. The number of benzene rings is 2. The Morgan fingerprint density at radius 2 is 1.17 bits per heavy atom. The molecule has 0 aliphatic carbocycles. The van der Waals surface area contributed by atoms with Crippen molar-refractivity contribution in [3.05, 3.63) is 71.8 Å². The van der Waals surface area contributed by atoms with Crippen molar-refractivity contribution in [2.45, 2.75) is 37.5 Å². The van der Waals surface area contributed by atoms with E-state index in [1.165, 1.54) is 9.80 Å². The summed E-state index contributed by atoms with van der Waals surface area (Å²) in [7, 11) is 0. The lowest BCUT2D eigenvalue weighted by Crippen LogP contribution is -2.70. The first-order valence-electron chi connectivity index (χ1n) is 10.4. The lowest BCUT2D eigenvalue weighted by atomic mass is 9.91. The molecule has 30 heavy (non-hydrogen) atoms. The zero-order valence-corrected chi connectivity index (χ0v) is 17.3. The summed E-state index contributed by atoms with van der Waals surface area (Å²) < 4.78 is 33.2. The molecule has 2 aromatic rings. The Bertz CT molecular complexity index is 812. The number of rotatable bonds is 2. The average molecular weight is 415 g/mol. The van der Waals surface area contributed by atoms with Crippen LogP contribution in [0, 0.1) is 0 Å². The van der Waals surface area contributed by atoms with Crippen molar-refractivity contribution >= 4 is 6.03 Å². The maximum atomic E-state index is 16.6. The molecule has 4 unspecified atom stereocenters. The van der Waals surface area contributed by atoms with Gasteiger partial charge in [-0.2, -0.15) is 0 Å². The Kier molecular flexibility index (Phi) is 5.51. The fourth-order valence-corrected chi connectivity index (χ4v) is 4.62. The number of nitrogens with one attached hydrogen (secondary N) is 2. The van der Waals surface area contributed by atoms with E-state index in [-0.39, 0.29) is 13.1 Å². The van der Waals surface area contributed by atoms with Crippen LogP contribution in [0.4, 0.5) is 13.6 Å². The first-order chi connectivity index (χ1) is 14.4. The summed E-state index contributed by atoms with van der Waals surface area (Å²) in [5.74, 6) is -4.16. The van der Waals surface area contributed by atoms with Crippen LogP contribution in [0.5, 0.6) is 0 Å². The molecule has 160 valence electrons. The second-order valence-electron chi connectivity index (χ2n) is 8.02. The maximum Gasteiger partial charge on any atom is 0.325 e. The Morgan fingerprint density at radius 1 is 0.800 bits per heavy atom. The molecule has 0 bridgehead atoms. The van der Waals surface area contributed by atoms with Gasteiger partial charge in [0, 0.05) is 37.3 Å². The minimum atomic E-state index is -2.08. The van der Waals surface area contributed by atoms with Gasteiger partial charge in [0.2, 0.25) is 11.6 Å². The number of hydrogen-bond acceptors (Lipinski definition) is 3. The molecule has 2 fully saturated rings. The van der Waals surface area contributed by atoms with Crippen LogP contribution in [0.2, 0.25) is 0 Å². The maximum absolute atomic E-state index is 16.6. The summed E-state index contributed by atoms with van der Waals surface area (Å²) in [6, 6.07) is 15.4. The van der Waals surface area contributed by atoms with Gasteiger partial charge < -0.3 is 10.6 Å².